The molecule has 0 aliphatic carbocycles. The summed E-state index contributed by atoms with van der Waals surface area (Å²) >= 11 is 0. The Morgan fingerprint density at radius 1 is 1.32 bits per heavy atom. The molecule has 5 nitrogen and oxygen atoms in total. The van der Waals surface area contributed by atoms with E-state index in [2.05, 4.69) is 0 Å². The van der Waals surface area contributed by atoms with Crippen molar-refractivity contribution in [3.63, 3.8) is 0 Å². The molecular weight excluding hydrogens is 267 g/mol. The number of rotatable bonds is 6. The lowest BCUT2D eigenvalue weighted by Gasteiger charge is -2.11. The molecule has 0 amide bonds. The first kappa shape index (κ1) is 16.0. The fourth-order valence-electron chi connectivity index (χ4n) is 1.54. The third-order valence-corrected chi connectivity index (χ3v) is 5.05. The zero-order valence-electron chi connectivity index (χ0n) is 11.3. The summed E-state index contributed by atoms with van der Waals surface area (Å²) in [6.45, 7) is 5.08. The van der Waals surface area contributed by atoms with E-state index in [9.17, 15) is 8.42 Å². The smallest absolute Gasteiger partial charge is 0.488 e. The monoisotopic (exact) mass is 286 g/mol. The van der Waals surface area contributed by atoms with E-state index in [0.29, 0.717) is 16.8 Å². The largest absolute Gasteiger partial charge is 0.493 e. The molecule has 1 rings (SSSR count). The van der Waals surface area contributed by atoms with E-state index in [-0.39, 0.29) is 12.4 Å². The van der Waals surface area contributed by atoms with Crippen molar-refractivity contribution in [2.75, 3.05) is 12.4 Å². The van der Waals surface area contributed by atoms with Crippen LogP contribution in [0.25, 0.3) is 0 Å². The van der Waals surface area contributed by atoms with Crippen LogP contribution in [0.3, 0.4) is 0 Å². The lowest BCUT2D eigenvalue weighted by atomic mass is 9.77. The van der Waals surface area contributed by atoms with Gasteiger partial charge in [-0.15, -0.1) is 0 Å². The van der Waals surface area contributed by atoms with E-state index in [1.165, 1.54) is 0 Å². The van der Waals surface area contributed by atoms with Crippen LogP contribution in [0.15, 0.2) is 18.2 Å². The van der Waals surface area contributed by atoms with E-state index in [1.807, 2.05) is 0 Å². The fraction of sp³-hybridized carbons (Fsp3) is 0.500. The van der Waals surface area contributed by atoms with Crippen molar-refractivity contribution in [3.8, 4) is 5.75 Å². The van der Waals surface area contributed by atoms with Gasteiger partial charge in [0.05, 0.1) is 11.0 Å². The maximum absolute atomic E-state index is 11.6. The maximum Gasteiger partial charge on any atom is 0.488 e. The van der Waals surface area contributed by atoms with Crippen LogP contribution in [0.5, 0.6) is 5.75 Å². The number of aryl methyl sites for hydroxylation is 1. The highest BCUT2D eigenvalue weighted by Gasteiger charge is 2.17. The van der Waals surface area contributed by atoms with Gasteiger partial charge in [0, 0.05) is 0 Å². The highest BCUT2D eigenvalue weighted by molar-refractivity contribution is 7.91. The minimum absolute atomic E-state index is 0.0336. The van der Waals surface area contributed by atoms with Crippen LogP contribution < -0.4 is 10.2 Å². The molecule has 0 saturated heterocycles. The highest BCUT2D eigenvalue weighted by Crippen LogP contribution is 2.12. The highest BCUT2D eigenvalue weighted by atomic mass is 32.2. The molecule has 0 radical (unpaired) electrons. The summed E-state index contributed by atoms with van der Waals surface area (Å²) in [6.07, 6.45) is 0. The SMILES string of the molecule is Cc1cc(OCCS(=O)(=O)C(C)C)ccc1B(O)O. The molecule has 2 N–H and O–H groups in total. The van der Waals surface area contributed by atoms with Gasteiger partial charge in [0.15, 0.2) is 9.84 Å². The van der Waals surface area contributed by atoms with Crippen LogP contribution in [0.4, 0.5) is 0 Å². The van der Waals surface area contributed by atoms with Gasteiger partial charge >= 0.3 is 7.12 Å². The summed E-state index contributed by atoms with van der Waals surface area (Å²) in [7, 11) is -4.62. The Balaban J connectivity index is 2.63. The average molecular weight is 286 g/mol. The van der Waals surface area contributed by atoms with Crippen LogP contribution in [0, 0.1) is 6.92 Å². The van der Waals surface area contributed by atoms with Gasteiger partial charge in [-0.2, -0.15) is 0 Å². The quantitative estimate of drug-likeness (QED) is 0.712. The zero-order valence-corrected chi connectivity index (χ0v) is 12.1. The lowest BCUT2D eigenvalue weighted by Crippen LogP contribution is -2.31. The fourth-order valence-corrected chi connectivity index (χ4v) is 2.33. The van der Waals surface area contributed by atoms with Crippen molar-refractivity contribution in [2.45, 2.75) is 26.0 Å². The molecule has 0 aliphatic rings. The summed E-state index contributed by atoms with van der Waals surface area (Å²) < 4.78 is 28.5. The zero-order chi connectivity index (χ0) is 14.6. The first-order valence-corrected chi connectivity index (χ1v) is 7.76. The molecule has 0 bridgehead atoms. The molecule has 0 heterocycles. The molecular formula is C12H19BO5S. The molecule has 1 aromatic carbocycles. The summed E-state index contributed by atoms with van der Waals surface area (Å²) in [6, 6.07) is 4.78. The molecule has 7 heteroatoms. The summed E-state index contributed by atoms with van der Waals surface area (Å²) in [5.74, 6) is 0.481. The summed E-state index contributed by atoms with van der Waals surface area (Å²) in [4.78, 5) is 0. The minimum Gasteiger partial charge on any atom is -0.493 e. The Morgan fingerprint density at radius 2 is 1.95 bits per heavy atom. The van der Waals surface area contributed by atoms with Crippen LogP contribution in [-0.2, 0) is 9.84 Å². The van der Waals surface area contributed by atoms with Gasteiger partial charge < -0.3 is 14.8 Å². The third-order valence-electron chi connectivity index (χ3n) is 2.87. The summed E-state index contributed by atoms with van der Waals surface area (Å²) in [5, 5.41) is 17.7. The van der Waals surface area contributed by atoms with Gasteiger partial charge in [0.25, 0.3) is 0 Å². The van der Waals surface area contributed by atoms with E-state index >= 15 is 0 Å². The van der Waals surface area contributed by atoms with Crippen molar-refractivity contribution in [1.29, 1.82) is 0 Å². The molecule has 1 aromatic rings. The Kier molecular flexibility index (Phi) is 5.40. The van der Waals surface area contributed by atoms with Crippen molar-refractivity contribution < 1.29 is 23.2 Å². The van der Waals surface area contributed by atoms with E-state index in [1.54, 1.807) is 39.0 Å². The van der Waals surface area contributed by atoms with E-state index in [4.69, 9.17) is 14.8 Å². The average Bonchev–Trinajstić information content (AvgIpc) is 2.28. The van der Waals surface area contributed by atoms with E-state index < -0.39 is 22.2 Å². The van der Waals surface area contributed by atoms with Crippen LogP contribution >= 0.6 is 0 Å². The van der Waals surface area contributed by atoms with Crippen LogP contribution in [0.2, 0.25) is 0 Å². The second kappa shape index (κ2) is 6.41. The molecule has 0 spiro atoms. The molecule has 0 fully saturated rings. The van der Waals surface area contributed by atoms with Gasteiger partial charge in [-0.3, -0.25) is 0 Å². The van der Waals surface area contributed by atoms with Gasteiger partial charge in [-0.1, -0.05) is 6.07 Å². The van der Waals surface area contributed by atoms with Gasteiger partial charge in [0.2, 0.25) is 0 Å². The standard InChI is InChI=1S/C12H19BO5S/c1-9(2)19(16,17)7-6-18-11-4-5-12(13(14)15)10(3)8-11/h4-5,8-9,14-15H,6-7H2,1-3H3. The molecule has 0 saturated carbocycles. The van der Waals surface area contributed by atoms with E-state index in [0.717, 1.165) is 0 Å². The third kappa shape index (κ3) is 4.52. The van der Waals surface area contributed by atoms with Gasteiger partial charge in [0.1, 0.15) is 12.4 Å². The number of hydrogen-bond acceptors (Lipinski definition) is 5. The second-order valence-electron chi connectivity index (χ2n) is 4.66. The number of sulfone groups is 1. The van der Waals surface area contributed by atoms with Gasteiger partial charge in [-0.25, -0.2) is 8.42 Å². The topological polar surface area (TPSA) is 83.8 Å². The molecule has 0 aliphatic heterocycles. The Hall–Kier alpha value is -1.05. The first-order valence-electron chi connectivity index (χ1n) is 6.05. The predicted molar refractivity (Wildman–Crippen MR) is 75.4 cm³/mol. The molecule has 106 valence electrons. The Morgan fingerprint density at radius 3 is 2.42 bits per heavy atom. The molecule has 0 unspecified atom stereocenters. The van der Waals surface area contributed by atoms with Crippen molar-refractivity contribution in [3.05, 3.63) is 23.8 Å². The molecule has 0 aromatic heterocycles. The van der Waals surface area contributed by atoms with Crippen LogP contribution in [0.1, 0.15) is 19.4 Å². The summed E-state index contributed by atoms with van der Waals surface area (Å²) in [5.41, 5.74) is 1.08. The number of hydrogen-bond donors (Lipinski definition) is 2. The second-order valence-corrected chi connectivity index (χ2v) is 7.33. The van der Waals surface area contributed by atoms with Crippen LogP contribution in [-0.4, -0.2) is 43.2 Å². The molecule has 19 heavy (non-hydrogen) atoms. The normalized spacial score (nSPS) is 11.7. The lowest BCUT2D eigenvalue weighted by molar-refractivity contribution is 0.340. The first-order chi connectivity index (χ1) is 8.74. The number of benzene rings is 1. The maximum atomic E-state index is 11.6. The van der Waals surface area contributed by atoms with Crippen molar-refractivity contribution >= 4 is 22.4 Å². The van der Waals surface area contributed by atoms with Gasteiger partial charge in [-0.05, 0) is 43.9 Å². The molecule has 0 atom stereocenters. The number of ether oxygens (including phenoxy) is 1. The Bertz CT molecular complexity index is 525. The minimum atomic E-state index is -3.11. The van der Waals surface area contributed by atoms with Crippen molar-refractivity contribution in [2.24, 2.45) is 0 Å². The van der Waals surface area contributed by atoms with Crippen molar-refractivity contribution in [1.82, 2.24) is 0 Å². The predicted octanol–water partition coefficient (Wildman–Crippen LogP) is -0.123. The Labute approximate surface area is 114 Å².